The van der Waals surface area contributed by atoms with Crippen LogP contribution in [0, 0.1) is 22.7 Å². The van der Waals surface area contributed by atoms with Gasteiger partial charge in [-0.05, 0) is 36.5 Å². The molecule has 2 heterocycles. The summed E-state index contributed by atoms with van der Waals surface area (Å²) in [7, 11) is 0. The highest BCUT2D eigenvalue weighted by Gasteiger charge is 2.32. The van der Waals surface area contributed by atoms with E-state index in [1.54, 1.807) is 34.1 Å². The highest BCUT2D eigenvalue weighted by molar-refractivity contribution is 6.17. The van der Waals surface area contributed by atoms with Crippen LogP contribution in [-0.4, -0.2) is 47.8 Å². The second kappa shape index (κ2) is 7.32. The Balaban J connectivity index is 2.00. The molecule has 4 rings (SSSR count). The molecule has 0 bridgehead atoms. The number of hydrogen-bond donors (Lipinski definition) is 0. The van der Waals surface area contributed by atoms with E-state index in [2.05, 4.69) is 12.1 Å². The molecule has 6 heteroatoms. The van der Waals surface area contributed by atoms with Crippen LogP contribution in [0.1, 0.15) is 57.5 Å². The quantitative estimate of drug-likeness (QED) is 0.810. The summed E-state index contributed by atoms with van der Waals surface area (Å²) < 4.78 is 0. The van der Waals surface area contributed by atoms with Gasteiger partial charge in [-0.3, -0.25) is 9.59 Å². The van der Waals surface area contributed by atoms with Gasteiger partial charge in [0.1, 0.15) is 12.1 Å². The molecule has 6 nitrogen and oxygen atoms in total. The minimum Gasteiger partial charge on any atom is -0.339 e. The van der Waals surface area contributed by atoms with Gasteiger partial charge < -0.3 is 9.80 Å². The van der Waals surface area contributed by atoms with Crippen molar-refractivity contribution in [1.29, 1.82) is 10.5 Å². The predicted octanol–water partition coefficient (Wildman–Crippen LogP) is 3.06. The number of amides is 2. The third kappa shape index (κ3) is 2.78. The highest BCUT2D eigenvalue weighted by atomic mass is 16.2. The average Bonchev–Trinajstić information content (AvgIpc) is 3.45. The zero-order chi connectivity index (χ0) is 19.7. The SMILES string of the molecule is N#Cc1c(C#N)c(C(=O)N2CCCC2)c2ccccc2c1C(=O)N1CCCC1. The minimum atomic E-state index is -0.234. The number of rotatable bonds is 2. The Bertz CT molecular complexity index is 964. The molecule has 2 saturated heterocycles. The van der Waals surface area contributed by atoms with Crippen LogP contribution in [-0.2, 0) is 0 Å². The summed E-state index contributed by atoms with van der Waals surface area (Å²) in [6.07, 6.45) is 3.73. The summed E-state index contributed by atoms with van der Waals surface area (Å²) in [5.74, 6) is -0.469. The summed E-state index contributed by atoms with van der Waals surface area (Å²) in [6, 6.07) is 11.2. The number of nitriles is 2. The second-order valence-corrected chi connectivity index (χ2v) is 7.27. The molecule has 0 N–H and O–H groups in total. The third-order valence-electron chi connectivity index (χ3n) is 5.65. The van der Waals surface area contributed by atoms with Crippen LogP contribution in [0.5, 0.6) is 0 Å². The number of carbonyl (C=O) groups is 2. The summed E-state index contributed by atoms with van der Waals surface area (Å²) in [4.78, 5) is 29.9. The lowest BCUT2D eigenvalue weighted by Crippen LogP contribution is -2.31. The van der Waals surface area contributed by atoms with Crippen LogP contribution in [0.2, 0.25) is 0 Å². The van der Waals surface area contributed by atoms with Crippen molar-refractivity contribution in [1.82, 2.24) is 9.80 Å². The third-order valence-corrected chi connectivity index (χ3v) is 5.65. The smallest absolute Gasteiger partial charge is 0.255 e. The van der Waals surface area contributed by atoms with E-state index in [0.717, 1.165) is 25.7 Å². The first kappa shape index (κ1) is 18.0. The summed E-state index contributed by atoms with van der Waals surface area (Å²) in [5.41, 5.74) is 0.519. The first-order valence-corrected chi connectivity index (χ1v) is 9.64. The molecule has 2 fully saturated rings. The standard InChI is InChI=1S/C22H20N4O2/c23-13-17-18(14-24)20(22(28)26-11-5-6-12-26)16-8-2-1-7-15(16)19(17)21(27)25-9-3-4-10-25/h1-2,7-8H,3-6,9-12H2. The Morgan fingerprint density at radius 3 is 1.39 bits per heavy atom. The number of likely N-dealkylation sites (tertiary alicyclic amines) is 2. The molecular formula is C22H20N4O2. The molecule has 0 saturated carbocycles. The van der Waals surface area contributed by atoms with Gasteiger partial charge >= 0.3 is 0 Å². The number of fused-ring (bicyclic) bond motifs is 1. The molecule has 0 aliphatic carbocycles. The molecule has 140 valence electrons. The monoisotopic (exact) mass is 372 g/mol. The van der Waals surface area contributed by atoms with E-state index in [9.17, 15) is 20.1 Å². The van der Waals surface area contributed by atoms with Gasteiger partial charge in [0, 0.05) is 26.2 Å². The topological polar surface area (TPSA) is 88.2 Å². The Labute approximate surface area is 163 Å². The zero-order valence-corrected chi connectivity index (χ0v) is 15.6. The summed E-state index contributed by atoms with van der Waals surface area (Å²) in [5, 5.41) is 20.8. The number of carbonyl (C=O) groups excluding carboxylic acids is 2. The molecule has 0 spiro atoms. The maximum atomic E-state index is 13.2. The Morgan fingerprint density at radius 1 is 0.714 bits per heavy atom. The van der Waals surface area contributed by atoms with Crippen molar-refractivity contribution in [2.75, 3.05) is 26.2 Å². The van der Waals surface area contributed by atoms with Crippen molar-refractivity contribution >= 4 is 22.6 Å². The second-order valence-electron chi connectivity index (χ2n) is 7.27. The Morgan fingerprint density at radius 2 is 1.07 bits per heavy atom. The van der Waals surface area contributed by atoms with Crippen molar-refractivity contribution in [3.63, 3.8) is 0 Å². The van der Waals surface area contributed by atoms with Crippen molar-refractivity contribution < 1.29 is 9.59 Å². The van der Waals surface area contributed by atoms with Gasteiger partial charge in [-0.2, -0.15) is 10.5 Å². The summed E-state index contributed by atoms with van der Waals surface area (Å²) in [6.45, 7) is 2.59. The van der Waals surface area contributed by atoms with Crippen LogP contribution in [0.4, 0.5) is 0 Å². The molecular weight excluding hydrogens is 352 g/mol. The largest absolute Gasteiger partial charge is 0.339 e. The lowest BCUT2D eigenvalue weighted by molar-refractivity contribution is 0.0783. The fraction of sp³-hybridized carbons (Fsp3) is 0.364. The highest BCUT2D eigenvalue weighted by Crippen LogP contribution is 2.33. The normalized spacial score (nSPS) is 16.2. The fourth-order valence-electron chi connectivity index (χ4n) is 4.26. The van der Waals surface area contributed by atoms with Gasteiger partial charge in [0.25, 0.3) is 11.8 Å². The van der Waals surface area contributed by atoms with E-state index in [1.165, 1.54) is 0 Å². The number of hydrogen-bond acceptors (Lipinski definition) is 4. The maximum Gasteiger partial charge on any atom is 0.255 e. The lowest BCUT2D eigenvalue weighted by atomic mass is 9.88. The van der Waals surface area contributed by atoms with Gasteiger partial charge in [-0.1, -0.05) is 24.3 Å². The molecule has 0 unspecified atom stereocenters. The van der Waals surface area contributed by atoms with Gasteiger partial charge in [0.05, 0.1) is 22.3 Å². The molecule has 0 aromatic heterocycles. The summed E-state index contributed by atoms with van der Waals surface area (Å²) >= 11 is 0. The molecule has 2 aromatic carbocycles. The predicted molar refractivity (Wildman–Crippen MR) is 104 cm³/mol. The van der Waals surface area contributed by atoms with Crippen molar-refractivity contribution in [2.45, 2.75) is 25.7 Å². The maximum absolute atomic E-state index is 13.2. The fourth-order valence-corrected chi connectivity index (χ4v) is 4.26. The average molecular weight is 372 g/mol. The van der Waals surface area contributed by atoms with E-state index >= 15 is 0 Å². The van der Waals surface area contributed by atoms with Crippen LogP contribution in [0.25, 0.3) is 10.8 Å². The van der Waals surface area contributed by atoms with E-state index in [4.69, 9.17) is 0 Å². The Hall–Kier alpha value is -3.38. The molecule has 0 atom stereocenters. The van der Waals surface area contributed by atoms with E-state index in [-0.39, 0.29) is 34.1 Å². The molecule has 28 heavy (non-hydrogen) atoms. The van der Waals surface area contributed by atoms with Crippen LogP contribution in [0.15, 0.2) is 24.3 Å². The molecule has 2 aliphatic rings. The number of nitrogens with zero attached hydrogens (tertiary/aromatic N) is 4. The molecule has 0 radical (unpaired) electrons. The minimum absolute atomic E-state index is 0.0145. The van der Waals surface area contributed by atoms with Gasteiger partial charge in [-0.25, -0.2) is 0 Å². The van der Waals surface area contributed by atoms with Crippen LogP contribution >= 0.6 is 0 Å². The first-order chi connectivity index (χ1) is 13.7. The first-order valence-electron chi connectivity index (χ1n) is 9.64. The van der Waals surface area contributed by atoms with Crippen molar-refractivity contribution in [3.8, 4) is 12.1 Å². The Kier molecular flexibility index (Phi) is 4.71. The van der Waals surface area contributed by atoms with E-state index in [1.807, 2.05) is 0 Å². The molecule has 2 aromatic rings. The van der Waals surface area contributed by atoms with Crippen molar-refractivity contribution in [2.24, 2.45) is 0 Å². The van der Waals surface area contributed by atoms with Gasteiger partial charge in [0.15, 0.2) is 0 Å². The zero-order valence-electron chi connectivity index (χ0n) is 15.6. The van der Waals surface area contributed by atoms with E-state index in [0.29, 0.717) is 37.0 Å². The molecule has 2 aliphatic heterocycles. The van der Waals surface area contributed by atoms with Crippen LogP contribution in [0.3, 0.4) is 0 Å². The van der Waals surface area contributed by atoms with Crippen LogP contribution < -0.4 is 0 Å². The molecule has 2 amide bonds. The van der Waals surface area contributed by atoms with Gasteiger partial charge in [0.2, 0.25) is 0 Å². The van der Waals surface area contributed by atoms with Gasteiger partial charge in [-0.15, -0.1) is 0 Å². The lowest BCUT2D eigenvalue weighted by Gasteiger charge is -2.22. The van der Waals surface area contributed by atoms with Crippen molar-refractivity contribution in [3.05, 3.63) is 46.5 Å². The number of benzene rings is 2. The van der Waals surface area contributed by atoms with E-state index < -0.39 is 0 Å².